The summed E-state index contributed by atoms with van der Waals surface area (Å²) in [5, 5.41) is 3.37. The van der Waals surface area contributed by atoms with Gasteiger partial charge in [-0.05, 0) is 38.6 Å². The summed E-state index contributed by atoms with van der Waals surface area (Å²) in [5.74, 6) is 0.249. The van der Waals surface area contributed by atoms with Gasteiger partial charge >= 0.3 is 0 Å². The van der Waals surface area contributed by atoms with Crippen molar-refractivity contribution in [2.75, 3.05) is 26.7 Å². The van der Waals surface area contributed by atoms with Crippen molar-refractivity contribution in [2.45, 2.75) is 50.7 Å². The second kappa shape index (κ2) is 7.97. The molecule has 0 radical (unpaired) electrons. The van der Waals surface area contributed by atoms with Gasteiger partial charge in [-0.15, -0.1) is 12.4 Å². The van der Waals surface area contributed by atoms with E-state index in [9.17, 15) is 4.79 Å². The van der Waals surface area contributed by atoms with E-state index in [2.05, 4.69) is 5.32 Å². The first-order valence-corrected chi connectivity index (χ1v) is 6.84. The van der Waals surface area contributed by atoms with Crippen molar-refractivity contribution >= 4 is 18.3 Å². The number of nitrogens with one attached hydrogen (secondary N) is 1. The summed E-state index contributed by atoms with van der Waals surface area (Å²) in [6, 6.07) is 0.400. The average Bonchev–Trinajstić information content (AvgIpc) is 2.83. The number of halogens is 1. The van der Waals surface area contributed by atoms with E-state index < -0.39 is 0 Å². The molecule has 0 aromatic carbocycles. The molecule has 106 valence electrons. The summed E-state index contributed by atoms with van der Waals surface area (Å²) >= 11 is 0. The maximum absolute atomic E-state index is 12.0. The Kier molecular flexibility index (Phi) is 6.97. The first kappa shape index (κ1) is 15.7. The highest BCUT2D eigenvalue weighted by molar-refractivity contribution is 5.85. The molecular formula is C13H25ClN2O2. The Bertz CT molecular complexity index is 251. The lowest BCUT2D eigenvalue weighted by atomic mass is 10.1. The largest absolute Gasteiger partial charge is 0.376 e. The third-order valence-corrected chi connectivity index (χ3v) is 3.76. The van der Waals surface area contributed by atoms with Gasteiger partial charge in [0.25, 0.3) is 0 Å². The van der Waals surface area contributed by atoms with Crippen LogP contribution >= 0.6 is 12.4 Å². The molecule has 0 aromatic rings. The van der Waals surface area contributed by atoms with Crippen molar-refractivity contribution in [3.05, 3.63) is 0 Å². The number of likely N-dealkylation sites (N-methyl/N-ethyl adjacent to an activating group) is 1. The lowest BCUT2D eigenvalue weighted by Crippen LogP contribution is -2.39. The van der Waals surface area contributed by atoms with Crippen molar-refractivity contribution in [2.24, 2.45) is 0 Å². The fourth-order valence-corrected chi connectivity index (χ4v) is 2.66. The lowest BCUT2D eigenvalue weighted by Gasteiger charge is -2.28. The van der Waals surface area contributed by atoms with E-state index >= 15 is 0 Å². The van der Waals surface area contributed by atoms with E-state index in [4.69, 9.17) is 4.74 Å². The monoisotopic (exact) mass is 276 g/mol. The van der Waals surface area contributed by atoms with Crippen LogP contribution in [0.1, 0.15) is 38.5 Å². The lowest BCUT2D eigenvalue weighted by molar-refractivity contribution is -0.132. The minimum Gasteiger partial charge on any atom is -0.376 e. The van der Waals surface area contributed by atoms with Crippen molar-refractivity contribution in [1.82, 2.24) is 10.2 Å². The van der Waals surface area contributed by atoms with Gasteiger partial charge in [-0.1, -0.05) is 0 Å². The molecule has 18 heavy (non-hydrogen) atoms. The Morgan fingerprint density at radius 1 is 1.33 bits per heavy atom. The minimum absolute atomic E-state index is 0. The second-order valence-corrected chi connectivity index (χ2v) is 5.26. The van der Waals surface area contributed by atoms with Gasteiger partial charge in [0.1, 0.15) is 0 Å². The van der Waals surface area contributed by atoms with Gasteiger partial charge in [0.05, 0.1) is 6.10 Å². The SMILES string of the molecule is CN(CC1CCCCO1)C(=O)CC1CCCN1.Cl. The molecule has 2 aliphatic heterocycles. The highest BCUT2D eigenvalue weighted by atomic mass is 35.5. The summed E-state index contributed by atoms with van der Waals surface area (Å²) < 4.78 is 5.66. The van der Waals surface area contributed by atoms with E-state index in [0.717, 1.165) is 32.5 Å². The van der Waals surface area contributed by atoms with Crippen LogP contribution in [-0.4, -0.2) is 49.7 Å². The first-order chi connectivity index (χ1) is 8.25. The molecule has 2 rings (SSSR count). The molecule has 2 unspecified atom stereocenters. The number of hydrogen-bond donors (Lipinski definition) is 1. The van der Waals surface area contributed by atoms with Crippen molar-refractivity contribution in [3.8, 4) is 0 Å². The highest BCUT2D eigenvalue weighted by Gasteiger charge is 2.22. The molecule has 1 N–H and O–H groups in total. The summed E-state index contributed by atoms with van der Waals surface area (Å²) in [5.41, 5.74) is 0. The zero-order valence-corrected chi connectivity index (χ0v) is 12.0. The van der Waals surface area contributed by atoms with Gasteiger partial charge < -0.3 is 15.0 Å². The van der Waals surface area contributed by atoms with Crippen LogP contribution in [0.25, 0.3) is 0 Å². The van der Waals surface area contributed by atoms with Crippen LogP contribution in [-0.2, 0) is 9.53 Å². The maximum atomic E-state index is 12.0. The van der Waals surface area contributed by atoms with Gasteiger partial charge in [-0.2, -0.15) is 0 Å². The number of hydrogen-bond acceptors (Lipinski definition) is 3. The predicted octanol–water partition coefficient (Wildman–Crippen LogP) is 1.58. The highest BCUT2D eigenvalue weighted by Crippen LogP contribution is 2.15. The van der Waals surface area contributed by atoms with Crippen molar-refractivity contribution in [1.29, 1.82) is 0 Å². The van der Waals surface area contributed by atoms with Gasteiger partial charge in [0.15, 0.2) is 0 Å². The molecule has 2 fully saturated rings. The Labute approximate surface area is 116 Å². The number of ether oxygens (including phenoxy) is 1. The second-order valence-electron chi connectivity index (χ2n) is 5.26. The number of amides is 1. The molecule has 4 nitrogen and oxygen atoms in total. The quantitative estimate of drug-likeness (QED) is 0.848. The number of carbonyl (C=O) groups is 1. The number of nitrogens with zero attached hydrogens (tertiary/aromatic N) is 1. The van der Waals surface area contributed by atoms with E-state index in [0.29, 0.717) is 12.5 Å². The maximum Gasteiger partial charge on any atom is 0.223 e. The predicted molar refractivity (Wildman–Crippen MR) is 74.1 cm³/mol. The minimum atomic E-state index is 0. The first-order valence-electron chi connectivity index (χ1n) is 6.84. The van der Waals surface area contributed by atoms with Crippen molar-refractivity contribution < 1.29 is 9.53 Å². The molecule has 2 heterocycles. The fourth-order valence-electron chi connectivity index (χ4n) is 2.66. The normalized spacial score (nSPS) is 27.6. The molecule has 1 amide bonds. The third kappa shape index (κ3) is 4.75. The van der Waals surface area contributed by atoms with E-state index in [1.54, 1.807) is 0 Å². The number of carbonyl (C=O) groups excluding carboxylic acids is 1. The van der Waals surface area contributed by atoms with Crippen LogP contribution in [0.2, 0.25) is 0 Å². The van der Waals surface area contributed by atoms with Crippen LogP contribution in [0.3, 0.4) is 0 Å². The zero-order valence-electron chi connectivity index (χ0n) is 11.2. The van der Waals surface area contributed by atoms with Crippen LogP contribution in [0.4, 0.5) is 0 Å². The average molecular weight is 277 g/mol. The summed E-state index contributed by atoms with van der Waals surface area (Å²) in [7, 11) is 1.90. The Balaban J connectivity index is 0.00000162. The molecule has 5 heteroatoms. The molecular weight excluding hydrogens is 252 g/mol. The van der Waals surface area contributed by atoms with E-state index in [1.165, 1.54) is 19.3 Å². The summed E-state index contributed by atoms with van der Waals surface area (Å²) in [4.78, 5) is 13.8. The molecule has 2 atom stereocenters. The zero-order chi connectivity index (χ0) is 12.1. The van der Waals surface area contributed by atoms with Gasteiger partial charge in [0.2, 0.25) is 5.91 Å². The van der Waals surface area contributed by atoms with E-state index in [-0.39, 0.29) is 24.4 Å². The molecule has 2 aliphatic rings. The smallest absolute Gasteiger partial charge is 0.223 e. The Morgan fingerprint density at radius 2 is 2.17 bits per heavy atom. The number of rotatable bonds is 4. The molecule has 0 saturated carbocycles. The topological polar surface area (TPSA) is 41.6 Å². The van der Waals surface area contributed by atoms with Gasteiger partial charge in [0, 0.05) is 32.7 Å². The third-order valence-electron chi connectivity index (χ3n) is 3.76. The molecule has 0 spiro atoms. The summed E-state index contributed by atoms with van der Waals surface area (Å²) in [6.07, 6.45) is 6.74. The summed E-state index contributed by atoms with van der Waals surface area (Å²) in [6.45, 7) is 2.68. The van der Waals surface area contributed by atoms with Crippen LogP contribution in [0.15, 0.2) is 0 Å². The fraction of sp³-hybridized carbons (Fsp3) is 0.923. The van der Waals surface area contributed by atoms with Crippen LogP contribution in [0.5, 0.6) is 0 Å². The molecule has 0 aromatic heterocycles. The van der Waals surface area contributed by atoms with Gasteiger partial charge in [-0.3, -0.25) is 4.79 Å². The van der Waals surface area contributed by atoms with E-state index in [1.807, 2.05) is 11.9 Å². The standard InChI is InChI=1S/C13H24N2O2.ClH/c1-15(10-12-6-2-3-8-17-12)13(16)9-11-5-4-7-14-11;/h11-12,14H,2-10H2,1H3;1H. The molecule has 0 bridgehead atoms. The van der Waals surface area contributed by atoms with Crippen molar-refractivity contribution in [3.63, 3.8) is 0 Å². The van der Waals surface area contributed by atoms with Crippen LogP contribution < -0.4 is 5.32 Å². The van der Waals surface area contributed by atoms with Crippen LogP contribution in [0, 0.1) is 0 Å². The van der Waals surface area contributed by atoms with Gasteiger partial charge in [-0.25, -0.2) is 0 Å². The Hall–Kier alpha value is -0.320. The molecule has 0 aliphatic carbocycles. The Morgan fingerprint density at radius 3 is 2.78 bits per heavy atom. The molecule has 2 saturated heterocycles.